The second kappa shape index (κ2) is 10.6. The number of carbonyl (C=O) groups excluding carboxylic acids is 1. The zero-order valence-corrected chi connectivity index (χ0v) is 20.3. The van der Waals surface area contributed by atoms with E-state index in [1.807, 2.05) is 35.3 Å². The van der Waals surface area contributed by atoms with Gasteiger partial charge in [-0.15, -0.1) is 25.8 Å². The van der Waals surface area contributed by atoms with Crippen LogP contribution in [-0.2, 0) is 4.79 Å². The summed E-state index contributed by atoms with van der Waals surface area (Å²) in [6.45, 7) is 2.29. The topological polar surface area (TPSA) is 97.1 Å². The van der Waals surface area contributed by atoms with Crippen molar-refractivity contribution >= 4 is 53.2 Å². The molecule has 1 aromatic carbocycles. The van der Waals surface area contributed by atoms with Crippen LogP contribution in [0.2, 0.25) is 0 Å². The highest BCUT2D eigenvalue weighted by atomic mass is 127. The Hall–Kier alpha value is -2.58. The molecule has 1 aromatic heterocycles. The van der Waals surface area contributed by atoms with E-state index in [1.165, 1.54) is 0 Å². The molecule has 0 spiro atoms. The Balaban J connectivity index is 1.73. The van der Waals surface area contributed by atoms with Gasteiger partial charge in [0.15, 0.2) is 0 Å². The molecule has 162 valence electrons. The summed E-state index contributed by atoms with van der Waals surface area (Å²) in [6, 6.07) is 9.91. The van der Waals surface area contributed by atoms with Crippen LogP contribution in [0.25, 0.3) is 5.57 Å². The van der Waals surface area contributed by atoms with Crippen LogP contribution >= 0.6 is 32.1 Å². The van der Waals surface area contributed by atoms with Crippen LogP contribution in [0.5, 0.6) is 10.9 Å². The number of para-hydroxylation sites is 1. The summed E-state index contributed by atoms with van der Waals surface area (Å²) in [4.78, 5) is 13.0. The number of methoxy groups -OCH3 is 1. The molecule has 7 nitrogen and oxygen atoms in total. The summed E-state index contributed by atoms with van der Waals surface area (Å²) in [5, 5.41) is 20.6. The van der Waals surface area contributed by atoms with Crippen LogP contribution in [0.3, 0.4) is 0 Å². The van der Waals surface area contributed by atoms with Gasteiger partial charge in [0, 0.05) is 17.6 Å². The summed E-state index contributed by atoms with van der Waals surface area (Å²) in [5.41, 5.74) is 1.92. The number of hydrogen-bond donors (Lipinski definition) is 1. The summed E-state index contributed by atoms with van der Waals surface area (Å²) in [6.07, 6.45) is 4.32. The minimum Gasteiger partial charge on any atom is -0.496 e. The first-order chi connectivity index (χ1) is 15.0. The summed E-state index contributed by atoms with van der Waals surface area (Å²) >= 11 is 0.787. The van der Waals surface area contributed by atoms with E-state index in [4.69, 9.17) is 14.7 Å². The van der Waals surface area contributed by atoms with Crippen molar-refractivity contribution in [1.82, 2.24) is 10.2 Å². The van der Waals surface area contributed by atoms with Gasteiger partial charge in [-0.25, -0.2) is 0 Å². The molecular formula is C22H23IN4O3S. The van der Waals surface area contributed by atoms with Gasteiger partial charge in [-0.2, -0.15) is 5.26 Å². The number of nitrogens with one attached hydrogen (secondary N) is 1. The fourth-order valence-corrected chi connectivity index (χ4v) is 4.19. The molecule has 1 N–H and O–H groups in total. The number of anilines is 1. The Morgan fingerprint density at radius 3 is 2.87 bits per heavy atom. The zero-order chi connectivity index (χ0) is 22.3. The summed E-state index contributed by atoms with van der Waals surface area (Å²) < 4.78 is 16.9. The summed E-state index contributed by atoms with van der Waals surface area (Å²) in [5.74, 6) is 0.404. The average Bonchev–Trinajstić information content (AvgIpc) is 3.44. The average molecular weight is 550 g/mol. The van der Waals surface area contributed by atoms with Gasteiger partial charge < -0.3 is 9.47 Å². The molecule has 2 aromatic rings. The Kier molecular flexibility index (Phi) is 7.92. The molecule has 0 saturated heterocycles. The third kappa shape index (κ3) is 5.98. The molecule has 0 atom stereocenters. The first-order valence-electron chi connectivity index (χ1n) is 9.58. The highest BCUT2D eigenvalue weighted by molar-refractivity contribution is 14.2. The lowest BCUT2D eigenvalue weighted by atomic mass is 10.00. The van der Waals surface area contributed by atoms with E-state index in [2.05, 4.69) is 26.1 Å². The molecular weight excluding hydrogens is 527 g/mol. The molecule has 1 aliphatic carbocycles. The van der Waals surface area contributed by atoms with E-state index in [0.29, 0.717) is 34.7 Å². The molecule has 1 heterocycles. The highest BCUT2D eigenvalue weighted by Crippen LogP contribution is 2.48. The third-order valence-electron chi connectivity index (χ3n) is 5.00. The van der Waals surface area contributed by atoms with Crippen molar-refractivity contribution in [3.05, 3.63) is 45.6 Å². The van der Waals surface area contributed by atoms with Crippen LogP contribution in [0.4, 0.5) is 5.13 Å². The van der Waals surface area contributed by atoms with Gasteiger partial charge in [-0.05, 0) is 52.9 Å². The van der Waals surface area contributed by atoms with Gasteiger partial charge in [0.2, 0.25) is 5.13 Å². The zero-order valence-electron chi connectivity index (χ0n) is 17.4. The Bertz CT molecular complexity index is 1070. The Labute approximate surface area is 195 Å². The number of amides is 1. The van der Waals surface area contributed by atoms with Crippen LogP contribution in [0.15, 0.2) is 40.0 Å². The van der Waals surface area contributed by atoms with E-state index in [1.54, 1.807) is 13.2 Å². The summed E-state index contributed by atoms with van der Waals surface area (Å²) in [7, 11) is 1.60. The molecule has 0 aliphatic heterocycles. The second-order valence-electron chi connectivity index (χ2n) is 7.00. The molecule has 1 aliphatic rings. The maximum Gasteiger partial charge on any atom is 0.295 e. The highest BCUT2D eigenvalue weighted by Gasteiger charge is 2.42. The van der Waals surface area contributed by atoms with Crippen LogP contribution in [-0.4, -0.2) is 34.3 Å². The van der Waals surface area contributed by atoms with E-state index in [0.717, 1.165) is 35.3 Å². The standard InChI is InChI=1S/C22H23IN4O3S/c1-15(16-6-4-5-7-18(16)29-3)17(8-12-23-2)19(28)25-20-26-27-21(31-20)30-13-11-22(14-24)9-10-22/h4-8,12H,2,9-11,13H2,1,3H3,(H,25,26,28)/b12-8-,17-15-. The van der Waals surface area contributed by atoms with E-state index in [-0.39, 0.29) is 32.1 Å². The normalized spacial score (nSPS) is 15.1. The van der Waals surface area contributed by atoms with E-state index in [9.17, 15) is 4.79 Å². The number of hydrogen-bond acceptors (Lipinski definition) is 7. The quantitative estimate of drug-likeness (QED) is 0.256. The van der Waals surface area contributed by atoms with Crippen LogP contribution in [0, 0.1) is 16.7 Å². The van der Waals surface area contributed by atoms with Crippen molar-refractivity contribution in [2.75, 3.05) is 19.0 Å². The number of allylic oxidation sites excluding steroid dienone is 1. The number of benzene rings is 1. The fourth-order valence-electron chi connectivity index (χ4n) is 2.96. The molecule has 0 radical (unpaired) electrons. The molecule has 0 bridgehead atoms. The van der Waals surface area contributed by atoms with Gasteiger partial charge in [0.1, 0.15) is 5.75 Å². The maximum atomic E-state index is 13.0. The predicted molar refractivity (Wildman–Crippen MR) is 132 cm³/mol. The number of nitrogens with zero attached hydrogens (tertiary/aromatic N) is 3. The van der Waals surface area contributed by atoms with Crippen molar-refractivity contribution in [2.24, 2.45) is 5.41 Å². The minimum atomic E-state index is -0.373. The molecule has 0 unspecified atom stereocenters. The molecule has 1 amide bonds. The van der Waals surface area contributed by atoms with Crippen LogP contribution in [0.1, 0.15) is 31.7 Å². The van der Waals surface area contributed by atoms with Gasteiger partial charge in [0.25, 0.3) is 11.1 Å². The number of aromatic nitrogens is 2. The predicted octanol–water partition coefficient (Wildman–Crippen LogP) is 4.95. The van der Waals surface area contributed by atoms with Crippen molar-refractivity contribution < 1.29 is 14.3 Å². The minimum absolute atomic E-state index is 0.222. The monoisotopic (exact) mass is 550 g/mol. The van der Waals surface area contributed by atoms with Gasteiger partial charge in [0.05, 0.1) is 25.2 Å². The lowest BCUT2D eigenvalue weighted by Crippen LogP contribution is -2.14. The lowest BCUT2D eigenvalue weighted by Gasteiger charge is -2.12. The van der Waals surface area contributed by atoms with Crippen molar-refractivity contribution in [3.63, 3.8) is 0 Å². The van der Waals surface area contributed by atoms with E-state index >= 15 is 0 Å². The van der Waals surface area contributed by atoms with Crippen molar-refractivity contribution in [3.8, 4) is 17.0 Å². The maximum absolute atomic E-state index is 13.0. The van der Waals surface area contributed by atoms with Crippen molar-refractivity contribution in [2.45, 2.75) is 26.2 Å². The molecule has 9 heteroatoms. The molecule has 1 fully saturated rings. The first kappa shape index (κ1) is 23.1. The number of ether oxygens (including phenoxy) is 2. The fraction of sp³-hybridized carbons (Fsp3) is 0.318. The van der Waals surface area contributed by atoms with Gasteiger partial charge in [-0.1, -0.05) is 27.8 Å². The number of carbonyl (C=O) groups is 1. The Morgan fingerprint density at radius 2 is 2.19 bits per heavy atom. The lowest BCUT2D eigenvalue weighted by molar-refractivity contribution is -0.112. The molecule has 3 rings (SSSR count). The van der Waals surface area contributed by atoms with Gasteiger partial charge >= 0.3 is 0 Å². The first-order valence-corrected chi connectivity index (χ1v) is 13.2. The van der Waals surface area contributed by atoms with Crippen LogP contribution < -0.4 is 14.8 Å². The SMILES string of the molecule is C=I/C=C\C(C(=O)Nc1nnc(OCCC2(C#N)CC2)s1)=C(/C)c1ccccc1OC. The van der Waals surface area contributed by atoms with Gasteiger partial charge in [-0.3, -0.25) is 10.1 Å². The molecule has 31 heavy (non-hydrogen) atoms. The number of rotatable bonds is 10. The number of halogens is 1. The number of nitriles is 1. The largest absolute Gasteiger partial charge is 0.496 e. The van der Waals surface area contributed by atoms with E-state index < -0.39 is 0 Å². The smallest absolute Gasteiger partial charge is 0.295 e. The molecule has 1 saturated carbocycles. The second-order valence-corrected chi connectivity index (χ2v) is 9.54. The third-order valence-corrected chi connectivity index (χ3v) is 6.62. The van der Waals surface area contributed by atoms with Crippen molar-refractivity contribution in [1.29, 1.82) is 5.26 Å². The Morgan fingerprint density at radius 1 is 1.42 bits per heavy atom.